The third kappa shape index (κ3) is 4.48. The Hall–Kier alpha value is -2.88. The number of piperazine rings is 1. The zero-order chi connectivity index (χ0) is 21.3. The molecule has 3 aromatic rings. The average Bonchev–Trinajstić information content (AvgIpc) is 3.10. The van der Waals surface area contributed by atoms with Gasteiger partial charge < -0.3 is 14.5 Å². The van der Waals surface area contributed by atoms with Crippen LogP contribution in [0.1, 0.15) is 11.1 Å². The van der Waals surface area contributed by atoms with Crippen LogP contribution in [0.4, 0.5) is 19.0 Å². The molecule has 1 aliphatic rings. The zero-order valence-electron chi connectivity index (χ0n) is 16.1. The van der Waals surface area contributed by atoms with Gasteiger partial charge in [0.25, 0.3) is 0 Å². The van der Waals surface area contributed by atoms with Crippen LogP contribution in [0, 0.1) is 6.92 Å². The highest BCUT2D eigenvalue weighted by atomic mass is 32.1. The molecule has 0 saturated carbocycles. The third-order valence-electron chi connectivity index (χ3n) is 4.98. The molecule has 10 heteroatoms. The van der Waals surface area contributed by atoms with Gasteiger partial charge in [0, 0.05) is 26.2 Å². The number of benzene rings is 1. The van der Waals surface area contributed by atoms with Crippen molar-refractivity contribution in [3.63, 3.8) is 0 Å². The molecule has 158 valence electrons. The number of nitrogens with zero attached hydrogens (tertiary/aromatic N) is 4. The van der Waals surface area contributed by atoms with Crippen LogP contribution in [0.15, 0.2) is 36.0 Å². The van der Waals surface area contributed by atoms with Gasteiger partial charge in [-0.05, 0) is 35.6 Å². The van der Waals surface area contributed by atoms with Gasteiger partial charge in [-0.1, -0.05) is 12.1 Å². The van der Waals surface area contributed by atoms with E-state index in [-0.39, 0.29) is 18.1 Å². The van der Waals surface area contributed by atoms with Gasteiger partial charge in [0.1, 0.15) is 22.7 Å². The number of alkyl halides is 3. The fraction of sp³-hybridized carbons (Fsp3) is 0.350. The highest BCUT2D eigenvalue weighted by Gasteiger charge is 2.31. The number of halogens is 3. The van der Waals surface area contributed by atoms with Gasteiger partial charge in [0.15, 0.2) is 0 Å². The lowest BCUT2D eigenvalue weighted by molar-refractivity contribution is -0.274. The Morgan fingerprint density at radius 2 is 1.83 bits per heavy atom. The summed E-state index contributed by atoms with van der Waals surface area (Å²) in [7, 11) is 0. The van der Waals surface area contributed by atoms with Crippen molar-refractivity contribution in [1.82, 2.24) is 14.9 Å². The topological polar surface area (TPSA) is 58.6 Å². The summed E-state index contributed by atoms with van der Waals surface area (Å²) in [6.45, 7) is 4.47. The molecule has 4 rings (SSSR count). The van der Waals surface area contributed by atoms with E-state index in [0.29, 0.717) is 31.7 Å². The molecule has 2 aromatic heterocycles. The Bertz CT molecular complexity index is 1040. The second-order valence-corrected chi connectivity index (χ2v) is 7.89. The maximum absolute atomic E-state index is 12.6. The van der Waals surface area contributed by atoms with Gasteiger partial charge in [-0.2, -0.15) is 0 Å². The van der Waals surface area contributed by atoms with Crippen molar-refractivity contribution >= 4 is 33.3 Å². The van der Waals surface area contributed by atoms with Crippen molar-refractivity contribution in [2.24, 2.45) is 0 Å². The predicted octanol–water partition coefficient (Wildman–Crippen LogP) is 3.79. The molecule has 0 unspecified atom stereocenters. The number of fused-ring (bicyclic) bond motifs is 1. The molecule has 1 aliphatic heterocycles. The summed E-state index contributed by atoms with van der Waals surface area (Å²) in [5.41, 5.74) is 1.78. The molecule has 3 heterocycles. The number of carbonyl (C=O) groups is 1. The summed E-state index contributed by atoms with van der Waals surface area (Å²) in [5.74, 6) is 0.539. The first kappa shape index (κ1) is 20.4. The predicted molar refractivity (Wildman–Crippen MR) is 108 cm³/mol. The van der Waals surface area contributed by atoms with E-state index in [1.54, 1.807) is 22.6 Å². The molecule has 1 fully saturated rings. The van der Waals surface area contributed by atoms with E-state index in [2.05, 4.69) is 25.0 Å². The van der Waals surface area contributed by atoms with E-state index >= 15 is 0 Å². The monoisotopic (exact) mass is 436 g/mol. The molecule has 0 radical (unpaired) electrons. The molecule has 1 aromatic carbocycles. The SMILES string of the molecule is Cc1csc2ncnc(N3CCN(C(=O)Cc4ccc(OC(F)(F)F)cc4)CC3)c12. The molecule has 30 heavy (non-hydrogen) atoms. The number of carbonyl (C=O) groups excluding carboxylic acids is 1. The lowest BCUT2D eigenvalue weighted by Crippen LogP contribution is -2.49. The largest absolute Gasteiger partial charge is 0.573 e. The van der Waals surface area contributed by atoms with Gasteiger partial charge in [0.2, 0.25) is 5.91 Å². The van der Waals surface area contributed by atoms with Gasteiger partial charge in [-0.3, -0.25) is 4.79 Å². The van der Waals surface area contributed by atoms with E-state index in [9.17, 15) is 18.0 Å². The first-order valence-electron chi connectivity index (χ1n) is 9.36. The fourth-order valence-corrected chi connectivity index (χ4v) is 4.39. The number of aryl methyl sites for hydroxylation is 1. The third-order valence-corrected chi connectivity index (χ3v) is 5.98. The van der Waals surface area contributed by atoms with Crippen LogP contribution < -0.4 is 9.64 Å². The molecule has 1 saturated heterocycles. The van der Waals surface area contributed by atoms with E-state index in [1.165, 1.54) is 24.3 Å². The highest BCUT2D eigenvalue weighted by Crippen LogP contribution is 2.31. The number of anilines is 1. The summed E-state index contributed by atoms with van der Waals surface area (Å²) >= 11 is 1.59. The molecular weight excluding hydrogens is 417 g/mol. The molecule has 0 aliphatic carbocycles. The van der Waals surface area contributed by atoms with Gasteiger partial charge in [-0.15, -0.1) is 24.5 Å². The number of hydrogen-bond acceptors (Lipinski definition) is 6. The van der Waals surface area contributed by atoms with Crippen molar-refractivity contribution in [2.45, 2.75) is 19.7 Å². The van der Waals surface area contributed by atoms with Crippen molar-refractivity contribution < 1.29 is 22.7 Å². The zero-order valence-corrected chi connectivity index (χ0v) is 17.0. The van der Waals surface area contributed by atoms with Crippen molar-refractivity contribution in [3.05, 3.63) is 47.1 Å². The van der Waals surface area contributed by atoms with Crippen LogP contribution in [0.2, 0.25) is 0 Å². The highest BCUT2D eigenvalue weighted by molar-refractivity contribution is 7.17. The minimum atomic E-state index is -4.73. The van der Waals surface area contributed by atoms with Gasteiger partial charge in [-0.25, -0.2) is 9.97 Å². The van der Waals surface area contributed by atoms with Crippen LogP contribution in [0.3, 0.4) is 0 Å². The second-order valence-electron chi connectivity index (χ2n) is 7.03. The van der Waals surface area contributed by atoms with Gasteiger partial charge in [0.05, 0.1) is 11.8 Å². The van der Waals surface area contributed by atoms with Crippen molar-refractivity contribution in [1.29, 1.82) is 0 Å². The maximum Gasteiger partial charge on any atom is 0.573 e. The number of amides is 1. The molecular formula is C20H19F3N4O2S. The number of thiophene rings is 1. The molecule has 6 nitrogen and oxygen atoms in total. The molecule has 1 amide bonds. The number of hydrogen-bond donors (Lipinski definition) is 0. The summed E-state index contributed by atoms with van der Waals surface area (Å²) in [6, 6.07) is 5.40. The first-order chi connectivity index (χ1) is 14.3. The Morgan fingerprint density at radius 1 is 1.13 bits per heavy atom. The standard InChI is InChI=1S/C20H19F3N4O2S/c1-13-11-30-19-17(13)18(24-12-25-19)27-8-6-26(7-9-27)16(28)10-14-2-4-15(5-3-14)29-20(21,22)23/h2-5,11-12H,6-10H2,1H3. The van der Waals surface area contributed by atoms with E-state index in [1.807, 2.05) is 6.92 Å². The molecule has 0 spiro atoms. The Kier molecular flexibility index (Phi) is 5.50. The van der Waals surface area contributed by atoms with Crippen LogP contribution in [-0.4, -0.2) is 53.3 Å². The van der Waals surface area contributed by atoms with Crippen LogP contribution in [0.5, 0.6) is 5.75 Å². The van der Waals surface area contributed by atoms with E-state index < -0.39 is 6.36 Å². The number of aromatic nitrogens is 2. The number of rotatable bonds is 4. The van der Waals surface area contributed by atoms with E-state index in [0.717, 1.165) is 21.6 Å². The van der Waals surface area contributed by atoms with Gasteiger partial charge >= 0.3 is 6.36 Å². The fourth-order valence-electron chi connectivity index (χ4n) is 3.50. The summed E-state index contributed by atoms with van der Waals surface area (Å²) in [6.07, 6.45) is -3.03. The van der Waals surface area contributed by atoms with Crippen LogP contribution in [0.25, 0.3) is 10.2 Å². The average molecular weight is 436 g/mol. The van der Waals surface area contributed by atoms with Crippen LogP contribution in [-0.2, 0) is 11.2 Å². The van der Waals surface area contributed by atoms with Crippen molar-refractivity contribution in [3.8, 4) is 5.75 Å². The normalized spacial score (nSPS) is 14.9. The molecule has 0 bridgehead atoms. The number of ether oxygens (including phenoxy) is 1. The van der Waals surface area contributed by atoms with E-state index in [4.69, 9.17) is 0 Å². The Balaban J connectivity index is 1.36. The summed E-state index contributed by atoms with van der Waals surface area (Å²) in [4.78, 5) is 26.3. The Labute approximate surface area is 174 Å². The molecule has 0 N–H and O–H groups in total. The first-order valence-corrected chi connectivity index (χ1v) is 10.2. The lowest BCUT2D eigenvalue weighted by atomic mass is 10.1. The van der Waals surface area contributed by atoms with Crippen LogP contribution >= 0.6 is 11.3 Å². The lowest BCUT2D eigenvalue weighted by Gasteiger charge is -2.35. The minimum Gasteiger partial charge on any atom is -0.406 e. The quantitative estimate of drug-likeness (QED) is 0.623. The van der Waals surface area contributed by atoms with Crippen molar-refractivity contribution in [2.75, 3.05) is 31.1 Å². The minimum absolute atomic E-state index is 0.0568. The second kappa shape index (κ2) is 8.10. The summed E-state index contributed by atoms with van der Waals surface area (Å²) < 4.78 is 40.6. The Morgan fingerprint density at radius 3 is 2.50 bits per heavy atom. The maximum atomic E-state index is 12.6. The molecule has 0 atom stereocenters. The smallest absolute Gasteiger partial charge is 0.406 e. The summed E-state index contributed by atoms with van der Waals surface area (Å²) in [5, 5.41) is 3.12.